The fraction of sp³-hybridized carbons (Fsp3) is 0.278. The Morgan fingerprint density at radius 2 is 2.27 bits per heavy atom. The minimum atomic E-state index is -4.17. The van der Waals surface area contributed by atoms with Gasteiger partial charge in [-0.25, -0.2) is 13.1 Å². The third-order valence-corrected chi connectivity index (χ3v) is 7.54. The first-order valence-electron chi connectivity index (χ1n) is 8.59. The van der Waals surface area contributed by atoms with E-state index in [9.17, 15) is 18.5 Å². The summed E-state index contributed by atoms with van der Waals surface area (Å²) >= 11 is 6.94. The van der Waals surface area contributed by atoms with Crippen LogP contribution in [0.3, 0.4) is 0 Å². The number of rotatable bonds is 6. The van der Waals surface area contributed by atoms with E-state index in [0.29, 0.717) is 17.2 Å². The molecule has 1 aliphatic carbocycles. The van der Waals surface area contributed by atoms with Crippen molar-refractivity contribution in [1.29, 1.82) is 5.26 Å². The predicted octanol–water partition coefficient (Wildman–Crippen LogP) is 3.76. The molecule has 2 aliphatic rings. The van der Waals surface area contributed by atoms with Gasteiger partial charge in [0.15, 0.2) is 11.5 Å². The number of halogens is 1. The number of carbonyl (C=O) groups is 1. The van der Waals surface area contributed by atoms with Gasteiger partial charge in [0.05, 0.1) is 16.4 Å². The number of aryl methyl sites for hydroxylation is 1. The molecule has 1 aliphatic heterocycles. The monoisotopic (exact) mass is 467 g/mol. The molecule has 0 aromatic carbocycles. The molecule has 1 atom stereocenters. The normalized spacial score (nSPS) is 20.3. The van der Waals surface area contributed by atoms with Gasteiger partial charge in [0.2, 0.25) is 6.79 Å². The first-order chi connectivity index (χ1) is 14.2. The Balaban J connectivity index is 1.58. The molecule has 0 radical (unpaired) electrons. The maximum Gasteiger partial charge on any atom is 0.265 e. The van der Waals surface area contributed by atoms with Gasteiger partial charge in [-0.1, -0.05) is 22.8 Å². The van der Waals surface area contributed by atoms with Crippen LogP contribution >= 0.6 is 22.9 Å². The van der Waals surface area contributed by atoms with Gasteiger partial charge in [0.25, 0.3) is 15.9 Å². The molecular formula is C18H14ClN3O6S2. The Hall–Kier alpha value is -2.81. The minimum Gasteiger partial charge on any atom is -0.458 e. The van der Waals surface area contributed by atoms with Crippen LogP contribution in [0.1, 0.15) is 28.2 Å². The van der Waals surface area contributed by atoms with Gasteiger partial charge in [-0.2, -0.15) is 5.26 Å². The molecule has 4 rings (SSSR count). The maximum atomic E-state index is 13.0. The SMILES string of the molecule is Cc1noc(NS(=O)(=O)c2ccsc2C(=O)CC2(C#N)C=CC3=C(C2)OCO3)c1Cl. The van der Waals surface area contributed by atoms with Crippen LogP contribution < -0.4 is 4.72 Å². The molecule has 12 heteroatoms. The minimum absolute atomic E-state index is 0.00116. The van der Waals surface area contributed by atoms with E-state index >= 15 is 0 Å². The van der Waals surface area contributed by atoms with Crippen molar-refractivity contribution >= 4 is 44.6 Å². The van der Waals surface area contributed by atoms with Crippen LogP contribution in [-0.4, -0.2) is 26.2 Å². The number of anilines is 1. The summed E-state index contributed by atoms with van der Waals surface area (Å²) < 4.78 is 43.3. The summed E-state index contributed by atoms with van der Waals surface area (Å²) in [6, 6.07) is 3.46. The number of ketones is 1. The molecule has 9 nitrogen and oxygen atoms in total. The average molecular weight is 468 g/mol. The number of sulfonamides is 1. The molecule has 2 aromatic rings. The molecule has 0 spiro atoms. The van der Waals surface area contributed by atoms with Crippen molar-refractivity contribution in [3.05, 3.63) is 50.7 Å². The second kappa shape index (κ2) is 7.46. The zero-order chi connectivity index (χ0) is 21.5. The van der Waals surface area contributed by atoms with Crippen LogP contribution in [0.15, 0.2) is 44.5 Å². The van der Waals surface area contributed by atoms with Crippen LogP contribution in [0.4, 0.5) is 5.88 Å². The molecule has 1 unspecified atom stereocenters. The lowest BCUT2D eigenvalue weighted by Gasteiger charge is -2.24. The highest BCUT2D eigenvalue weighted by molar-refractivity contribution is 7.93. The van der Waals surface area contributed by atoms with Gasteiger partial charge in [-0.05, 0) is 24.4 Å². The average Bonchev–Trinajstić information content (AvgIpc) is 3.44. The lowest BCUT2D eigenvalue weighted by atomic mass is 9.77. The smallest absolute Gasteiger partial charge is 0.265 e. The topological polar surface area (TPSA) is 132 Å². The van der Waals surface area contributed by atoms with E-state index in [-0.39, 0.29) is 40.3 Å². The summed E-state index contributed by atoms with van der Waals surface area (Å²) in [6.07, 6.45) is 3.14. The van der Waals surface area contributed by atoms with Crippen LogP contribution in [0.25, 0.3) is 0 Å². The molecule has 30 heavy (non-hydrogen) atoms. The highest BCUT2D eigenvalue weighted by Crippen LogP contribution is 2.41. The van der Waals surface area contributed by atoms with Gasteiger partial charge in [-0.3, -0.25) is 4.79 Å². The van der Waals surface area contributed by atoms with Crippen molar-refractivity contribution in [2.45, 2.75) is 24.7 Å². The zero-order valence-corrected chi connectivity index (χ0v) is 17.9. The van der Waals surface area contributed by atoms with Gasteiger partial charge in [0.1, 0.15) is 21.4 Å². The van der Waals surface area contributed by atoms with E-state index in [0.717, 1.165) is 11.3 Å². The Morgan fingerprint density at radius 3 is 2.97 bits per heavy atom. The fourth-order valence-electron chi connectivity index (χ4n) is 3.09. The quantitative estimate of drug-likeness (QED) is 0.635. The van der Waals surface area contributed by atoms with E-state index < -0.39 is 21.2 Å². The lowest BCUT2D eigenvalue weighted by Crippen LogP contribution is -2.24. The lowest BCUT2D eigenvalue weighted by molar-refractivity contribution is 0.0701. The van der Waals surface area contributed by atoms with E-state index in [1.54, 1.807) is 19.1 Å². The van der Waals surface area contributed by atoms with Gasteiger partial charge in [-0.15, -0.1) is 11.3 Å². The molecule has 156 valence electrons. The predicted molar refractivity (Wildman–Crippen MR) is 106 cm³/mol. The molecule has 0 saturated heterocycles. The van der Waals surface area contributed by atoms with Gasteiger partial charge in [0, 0.05) is 12.8 Å². The van der Waals surface area contributed by atoms with Crippen molar-refractivity contribution in [3.8, 4) is 6.07 Å². The van der Waals surface area contributed by atoms with E-state index in [4.69, 9.17) is 25.6 Å². The number of allylic oxidation sites excluding steroid dienone is 3. The Labute approximate surface area is 180 Å². The van der Waals surface area contributed by atoms with E-state index in [1.807, 2.05) is 0 Å². The number of ether oxygens (including phenoxy) is 2. The summed E-state index contributed by atoms with van der Waals surface area (Å²) in [7, 11) is -4.17. The molecule has 2 aromatic heterocycles. The van der Waals surface area contributed by atoms with E-state index in [2.05, 4.69) is 15.9 Å². The number of aromatic nitrogens is 1. The maximum absolute atomic E-state index is 13.0. The van der Waals surface area contributed by atoms with Crippen molar-refractivity contribution in [1.82, 2.24) is 5.16 Å². The second-order valence-electron chi connectivity index (χ2n) is 6.70. The number of thiophene rings is 1. The highest BCUT2D eigenvalue weighted by atomic mass is 35.5. The Bertz CT molecular complexity index is 1240. The first-order valence-corrected chi connectivity index (χ1v) is 11.3. The van der Waals surface area contributed by atoms with Crippen molar-refractivity contribution in [2.24, 2.45) is 5.41 Å². The molecular weight excluding hydrogens is 454 g/mol. The van der Waals surface area contributed by atoms with Crippen LogP contribution in [0.2, 0.25) is 5.02 Å². The number of Topliss-reactive ketones (excluding diaryl/α,β-unsaturated/α-hetero) is 1. The van der Waals surface area contributed by atoms with Crippen molar-refractivity contribution in [3.63, 3.8) is 0 Å². The summed E-state index contributed by atoms with van der Waals surface area (Å²) in [5, 5.41) is 14.8. The fourth-order valence-corrected chi connectivity index (χ4v) is 5.65. The molecule has 0 amide bonds. The number of nitriles is 1. The van der Waals surface area contributed by atoms with E-state index in [1.165, 1.54) is 11.4 Å². The molecule has 0 saturated carbocycles. The Morgan fingerprint density at radius 1 is 1.47 bits per heavy atom. The number of carbonyl (C=O) groups excluding carboxylic acids is 1. The number of hydrogen-bond donors (Lipinski definition) is 1. The third kappa shape index (κ3) is 3.58. The molecule has 3 heterocycles. The van der Waals surface area contributed by atoms with Crippen molar-refractivity contribution in [2.75, 3.05) is 11.5 Å². The largest absolute Gasteiger partial charge is 0.458 e. The summed E-state index contributed by atoms with van der Waals surface area (Å²) in [5.41, 5.74) is -0.837. The number of hydrogen-bond acceptors (Lipinski definition) is 9. The van der Waals surface area contributed by atoms with Crippen LogP contribution in [-0.2, 0) is 19.5 Å². The molecule has 1 N–H and O–H groups in total. The van der Waals surface area contributed by atoms with Gasteiger partial charge < -0.3 is 14.0 Å². The standard InChI is InChI=1S/C18H14ClN3O6S2/c1-10-15(19)17(28-21-10)22-30(24,25)14-3-5-29-16(14)11(23)6-18(8-20)4-2-12-13(7-18)27-9-26-12/h2-5,22H,6-7,9H2,1H3. The van der Waals surface area contributed by atoms with Crippen LogP contribution in [0, 0.1) is 23.7 Å². The third-order valence-electron chi connectivity index (χ3n) is 4.64. The Kier molecular flexibility index (Phi) is 5.09. The number of nitrogens with zero attached hydrogens (tertiary/aromatic N) is 2. The first kappa shape index (κ1) is 20.5. The summed E-state index contributed by atoms with van der Waals surface area (Å²) in [5.74, 6) is 0.318. The molecule has 0 fully saturated rings. The van der Waals surface area contributed by atoms with Crippen molar-refractivity contribution < 1.29 is 27.2 Å². The molecule has 0 bridgehead atoms. The van der Waals surface area contributed by atoms with Gasteiger partial charge >= 0.3 is 0 Å². The summed E-state index contributed by atoms with van der Waals surface area (Å²) in [4.78, 5) is 12.8. The summed E-state index contributed by atoms with van der Waals surface area (Å²) in [6.45, 7) is 1.62. The number of nitrogens with one attached hydrogen (secondary N) is 1. The van der Waals surface area contributed by atoms with Crippen LogP contribution in [0.5, 0.6) is 0 Å². The second-order valence-corrected chi connectivity index (χ2v) is 9.65. The highest BCUT2D eigenvalue weighted by Gasteiger charge is 2.39. The zero-order valence-electron chi connectivity index (χ0n) is 15.5.